The summed E-state index contributed by atoms with van der Waals surface area (Å²) in [6, 6.07) is 17.0. The summed E-state index contributed by atoms with van der Waals surface area (Å²) in [6.07, 6.45) is 0.751. The first-order chi connectivity index (χ1) is 12.6. The number of ketones is 1. The van der Waals surface area contributed by atoms with E-state index in [-0.39, 0.29) is 24.5 Å². The van der Waals surface area contributed by atoms with Crippen LogP contribution in [-0.2, 0) is 16.1 Å². The normalized spacial score (nSPS) is 17.0. The van der Waals surface area contributed by atoms with Crippen molar-refractivity contribution in [1.29, 1.82) is 0 Å². The van der Waals surface area contributed by atoms with Crippen LogP contribution in [-0.4, -0.2) is 42.5 Å². The summed E-state index contributed by atoms with van der Waals surface area (Å²) in [7, 11) is 0. The quantitative estimate of drug-likeness (QED) is 0.566. The molecule has 1 fully saturated rings. The molecule has 0 amide bonds. The Morgan fingerprint density at radius 1 is 1.08 bits per heavy atom. The highest BCUT2D eigenvalue weighted by Crippen LogP contribution is 2.17. The molecule has 5 heteroatoms. The van der Waals surface area contributed by atoms with E-state index in [2.05, 4.69) is 17.0 Å². The smallest absolute Gasteiger partial charge is 0.344 e. The summed E-state index contributed by atoms with van der Waals surface area (Å²) in [4.78, 5) is 25.5. The fraction of sp³-hybridized carbons (Fsp3) is 0.333. The van der Waals surface area contributed by atoms with E-state index in [4.69, 9.17) is 9.47 Å². The summed E-state index contributed by atoms with van der Waals surface area (Å²) in [5.41, 5.74) is 1.88. The molecule has 1 saturated heterocycles. The zero-order chi connectivity index (χ0) is 18.4. The Bertz CT molecular complexity index is 742. The second kappa shape index (κ2) is 8.63. The van der Waals surface area contributed by atoms with Gasteiger partial charge in [-0.25, -0.2) is 4.79 Å². The first-order valence-corrected chi connectivity index (χ1v) is 8.80. The van der Waals surface area contributed by atoms with Crippen LogP contribution in [0.5, 0.6) is 5.75 Å². The Balaban J connectivity index is 1.40. The second-order valence-corrected chi connectivity index (χ2v) is 6.49. The number of hydrogen-bond acceptors (Lipinski definition) is 5. The third kappa shape index (κ3) is 5.17. The van der Waals surface area contributed by atoms with E-state index >= 15 is 0 Å². The average molecular weight is 353 g/mol. The summed E-state index contributed by atoms with van der Waals surface area (Å²) < 4.78 is 10.9. The number of carbonyl (C=O) groups is 2. The molecule has 0 saturated carbocycles. The highest BCUT2D eigenvalue weighted by atomic mass is 16.6. The van der Waals surface area contributed by atoms with Gasteiger partial charge in [-0.05, 0) is 43.2 Å². The zero-order valence-corrected chi connectivity index (χ0v) is 14.9. The lowest BCUT2D eigenvalue weighted by Crippen LogP contribution is -2.26. The largest absolute Gasteiger partial charge is 0.482 e. The number of likely N-dealkylation sites (tertiary alicyclic amines) is 1. The fourth-order valence-corrected chi connectivity index (χ4v) is 3.03. The van der Waals surface area contributed by atoms with Gasteiger partial charge in [0, 0.05) is 25.2 Å². The molecule has 1 heterocycles. The summed E-state index contributed by atoms with van der Waals surface area (Å²) >= 11 is 0. The van der Waals surface area contributed by atoms with Crippen LogP contribution in [0.3, 0.4) is 0 Å². The molecular weight excluding hydrogens is 330 g/mol. The van der Waals surface area contributed by atoms with Gasteiger partial charge in [0.25, 0.3) is 0 Å². The average Bonchev–Trinajstić information content (AvgIpc) is 3.08. The molecule has 0 spiro atoms. The SMILES string of the molecule is CC(=O)c1ccc(OCC(=O)O[C@@H]2CCN(Cc3ccccc3)C2)cc1. The first-order valence-electron chi connectivity index (χ1n) is 8.80. The van der Waals surface area contributed by atoms with Crippen LogP contribution in [0, 0.1) is 0 Å². The molecule has 0 bridgehead atoms. The van der Waals surface area contributed by atoms with Crippen LogP contribution in [0.1, 0.15) is 29.3 Å². The Labute approximate surface area is 153 Å². The topological polar surface area (TPSA) is 55.8 Å². The van der Waals surface area contributed by atoms with Crippen LogP contribution in [0.4, 0.5) is 0 Å². The van der Waals surface area contributed by atoms with E-state index in [0.717, 1.165) is 26.1 Å². The van der Waals surface area contributed by atoms with E-state index in [1.165, 1.54) is 12.5 Å². The highest BCUT2D eigenvalue weighted by Gasteiger charge is 2.25. The number of benzene rings is 2. The van der Waals surface area contributed by atoms with Crippen molar-refractivity contribution in [1.82, 2.24) is 4.90 Å². The molecule has 0 radical (unpaired) electrons. The van der Waals surface area contributed by atoms with E-state index in [1.807, 2.05) is 18.2 Å². The Kier molecular flexibility index (Phi) is 6.02. The molecule has 5 nitrogen and oxygen atoms in total. The molecule has 0 aromatic heterocycles. The van der Waals surface area contributed by atoms with Gasteiger partial charge in [0.15, 0.2) is 12.4 Å². The van der Waals surface area contributed by atoms with Crippen LogP contribution >= 0.6 is 0 Å². The minimum Gasteiger partial charge on any atom is -0.482 e. The highest BCUT2D eigenvalue weighted by molar-refractivity contribution is 5.94. The van der Waals surface area contributed by atoms with Crippen molar-refractivity contribution >= 4 is 11.8 Å². The van der Waals surface area contributed by atoms with Gasteiger partial charge in [0.05, 0.1) is 0 Å². The van der Waals surface area contributed by atoms with Crippen molar-refractivity contribution in [3.63, 3.8) is 0 Å². The maximum Gasteiger partial charge on any atom is 0.344 e. The maximum atomic E-state index is 12.0. The van der Waals surface area contributed by atoms with Crippen molar-refractivity contribution in [3.8, 4) is 5.75 Å². The number of esters is 1. The maximum absolute atomic E-state index is 12.0. The second-order valence-electron chi connectivity index (χ2n) is 6.49. The minimum absolute atomic E-state index is 0.00255. The molecule has 136 valence electrons. The van der Waals surface area contributed by atoms with Crippen LogP contribution in [0.2, 0.25) is 0 Å². The van der Waals surface area contributed by atoms with E-state index in [9.17, 15) is 9.59 Å². The van der Waals surface area contributed by atoms with E-state index in [0.29, 0.717) is 11.3 Å². The van der Waals surface area contributed by atoms with Gasteiger partial charge in [-0.2, -0.15) is 0 Å². The van der Waals surface area contributed by atoms with E-state index in [1.54, 1.807) is 24.3 Å². The summed E-state index contributed by atoms with van der Waals surface area (Å²) in [5.74, 6) is 0.175. The van der Waals surface area contributed by atoms with Gasteiger partial charge in [0.2, 0.25) is 0 Å². The molecule has 0 N–H and O–H groups in total. The first kappa shape index (κ1) is 18.1. The molecule has 26 heavy (non-hydrogen) atoms. The minimum atomic E-state index is -0.368. The molecule has 3 rings (SSSR count). The van der Waals surface area contributed by atoms with Gasteiger partial charge in [-0.1, -0.05) is 30.3 Å². The lowest BCUT2D eigenvalue weighted by Gasteiger charge is -2.16. The van der Waals surface area contributed by atoms with Gasteiger partial charge >= 0.3 is 5.97 Å². The number of Topliss-reactive ketones (excluding diaryl/α,β-unsaturated/α-hetero) is 1. The molecule has 2 aromatic rings. The van der Waals surface area contributed by atoms with Crippen LogP contribution in [0.25, 0.3) is 0 Å². The number of nitrogens with zero attached hydrogens (tertiary/aromatic N) is 1. The van der Waals surface area contributed by atoms with Crippen LogP contribution < -0.4 is 4.74 Å². The lowest BCUT2D eigenvalue weighted by molar-refractivity contribution is -0.150. The number of ether oxygens (including phenoxy) is 2. The summed E-state index contributed by atoms with van der Waals surface area (Å²) in [6.45, 7) is 3.91. The standard InChI is InChI=1S/C21H23NO4/c1-16(23)18-7-9-19(10-8-18)25-15-21(24)26-20-11-12-22(14-20)13-17-5-3-2-4-6-17/h2-10,20H,11-15H2,1H3/t20-/m1/s1. The number of carbonyl (C=O) groups excluding carboxylic acids is 2. The van der Waals surface area contributed by atoms with Crippen LogP contribution in [0.15, 0.2) is 54.6 Å². The van der Waals surface area contributed by atoms with Gasteiger partial charge in [0.1, 0.15) is 11.9 Å². The molecular formula is C21H23NO4. The van der Waals surface area contributed by atoms with Crippen molar-refractivity contribution < 1.29 is 19.1 Å². The molecule has 1 atom stereocenters. The molecule has 2 aromatic carbocycles. The molecule has 1 aliphatic heterocycles. The van der Waals surface area contributed by atoms with E-state index < -0.39 is 0 Å². The molecule has 0 unspecified atom stereocenters. The third-order valence-corrected chi connectivity index (χ3v) is 4.39. The molecule has 1 aliphatic rings. The predicted octanol–water partition coefficient (Wildman–Crippen LogP) is 3.09. The Morgan fingerprint density at radius 2 is 1.81 bits per heavy atom. The summed E-state index contributed by atoms with van der Waals surface area (Å²) in [5, 5.41) is 0. The number of hydrogen-bond donors (Lipinski definition) is 0. The van der Waals surface area contributed by atoms with Crippen molar-refractivity contribution in [3.05, 3.63) is 65.7 Å². The van der Waals surface area contributed by atoms with Gasteiger partial charge in [-0.15, -0.1) is 0 Å². The van der Waals surface area contributed by atoms with Gasteiger partial charge < -0.3 is 9.47 Å². The van der Waals surface area contributed by atoms with Crippen molar-refractivity contribution in [2.45, 2.75) is 26.0 Å². The third-order valence-electron chi connectivity index (χ3n) is 4.39. The monoisotopic (exact) mass is 353 g/mol. The lowest BCUT2D eigenvalue weighted by atomic mass is 10.1. The van der Waals surface area contributed by atoms with Crippen molar-refractivity contribution in [2.24, 2.45) is 0 Å². The zero-order valence-electron chi connectivity index (χ0n) is 14.9. The predicted molar refractivity (Wildman–Crippen MR) is 98.2 cm³/mol. The molecule has 0 aliphatic carbocycles. The Hall–Kier alpha value is -2.66. The van der Waals surface area contributed by atoms with Crippen molar-refractivity contribution in [2.75, 3.05) is 19.7 Å². The number of rotatable bonds is 7. The van der Waals surface area contributed by atoms with Gasteiger partial charge in [-0.3, -0.25) is 9.69 Å². The fourth-order valence-electron chi connectivity index (χ4n) is 3.03. The Morgan fingerprint density at radius 3 is 2.50 bits per heavy atom.